The summed E-state index contributed by atoms with van der Waals surface area (Å²) in [4.78, 5) is 0. The molecule has 0 aromatic carbocycles. The van der Waals surface area contributed by atoms with Crippen molar-refractivity contribution in [1.82, 2.24) is 0 Å². The van der Waals surface area contributed by atoms with Crippen LogP contribution in [-0.2, 0) is 18.9 Å². The molecule has 0 saturated carbocycles. The van der Waals surface area contributed by atoms with Crippen LogP contribution in [0.4, 0.5) is 0 Å². The van der Waals surface area contributed by atoms with Crippen LogP contribution in [0.2, 0.25) is 0 Å². The first-order valence-electron chi connectivity index (χ1n) is 5.61. The minimum atomic E-state index is -0.672. The molecule has 0 aromatic rings. The molecule has 0 aliphatic carbocycles. The zero-order chi connectivity index (χ0) is 12.0. The van der Waals surface area contributed by atoms with E-state index in [1.165, 1.54) is 0 Å². The van der Waals surface area contributed by atoms with E-state index in [4.69, 9.17) is 18.9 Å². The van der Waals surface area contributed by atoms with Crippen LogP contribution in [-0.4, -0.2) is 48.2 Å². The molecule has 94 valence electrons. The van der Waals surface area contributed by atoms with Gasteiger partial charge in [-0.15, -0.1) is 0 Å². The largest absolute Gasteiger partial charge is 0.394 e. The van der Waals surface area contributed by atoms with E-state index in [1.807, 2.05) is 27.7 Å². The summed E-state index contributed by atoms with van der Waals surface area (Å²) in [5.74, 6) is -1.26. The number of aliphatic hydroxyl groups is 1. The normalized spacial score (nSPS) is 41.4. The van der Waals surface area contributed by atoms with Crippen LogP contribution in [0.1, 0.15) is 27.7 Å². The average Bonchev–Trinajstić information content (AvgIpc) is 2.65. The van der Waals surface area contributed by atoms with Gasteiger partial charge in [0.15, 0.2) is 11.6 Å². The van der Waals surface area contributed by atoms with Crippen LogP contribution in [0.3, 0.4) is 0 Å². The Morgan fingerprint density at radius 2 is 1.75 bits per heavy atom. The van der Waals surface area contributed by atoms with Gasteiger partial charge in [-0.1, -0.05) is 0 Å². The second-order valence-electron chi connectivity index (χ2n) is 5.19. The van der Waals surface area contributed by atoms with Crippen molar-refractivity contribution in [3.63, 3.8) is 0 Å². The number of rotatable bonds is 2. The molecule has 0 radical (unpaired) electrons. The van der Waals surface area contributed by atoms with Crippen LogP contribution in [0.5, 0.6) is 0 Å². The quantitative estimate of drug-likeness (QED) is 0.757. The minimum absolute atomic E-state index is 0.0750. The molecular formula is C11H20O5. The van der Waals surface area contributed by atoms with Crippen LogP contribution in [0.15, 0.2) is 0 Å². The Hall–Kier alpha value is -0.200. The van der Waals surface area contributed by atoms with Gasteiger partial charge in [-0.3, -0.25) is 0 Å². The highest BCUT2D eigenvalue weighted by atomic mass is 16.8. The SMILES string of the molecule is CC1(C)OC[C@H]([C@H]2OC(C)(C)O[C@@H]2CO)O1. The Morgan fingerprint density at radius 1 is 1.06 bits per heavy atom. The van der Waals surface area contributed by atoms with E-state index in [1.54, 1.807) is 0 Å². The molecule has 2 fully saturated rings. The van der Waals surface area contributed by atoms with E-state index >= 15 is 0 Å². The summed E-state index contributed by atoms with van der Waals surface area (Å²) in [5.41, 5.74) is 0. The lowest BCUT2D eigenvalue weighted by Crippen LogP contribution is -2.39. The van der Waals surface area contributed by atoms with Crippen molar-refractivity contribution in [2.75, 3.05) is 13.2 Å². The molecule has 5 nitrogen and oxygen atoms in total. The van der Waals surface area contributed by atoms with Crippen molar-refractivity contribution in [1.29, 1.82) is 0 Å². The molecule has 5 heteroatoms. The van der Waals surface area contributed by atoms with E-state index < -0.39 is 11.6 Å². The molecule has 2 rings (SSSR count). The number of hydrogen-bond acceptors (Lipinski definition) is 5. The number of hydrogen-bond donors (Lipinski definition) is 1. The molecule has 0 unspecified atom stereocenters. The summed E-state index contributed by atoms with van der Waals surface area (Å²) in [6, 6.07) is 0. The lowest BCUT2D eigenvalue weighted by atomic mass is 10.1. The summed E-state index contributed by atoms with van der Waals surface area (Å²) in [7, 11) is 0. The Labute approximate surface area is 95.6 Å². The van der Waals surface area contributed by atoms with Crippen LogP contribution in [0.25, 0.3) is 0 Å². The fourth-order valence-electron chi connectivity index (χ4n) is 2.20. The first-order chi connectivity index (χ1) is 7.33. The molecule has 0 spiro atoms. The first-order valence-corrected chi connectivity index (χ1v) is 5.61. The van der Waals surface area contributed by atoms with Crippen molar-refractivity contribution >= 4 is 0 Å². The van der Waals surface area contributed by atoms with Gasteiger partial charge in [0.05, 0.1) is 13.2 Å². The van der Waals surface area contributed by atoms with Crippen molar-refractivity contribution in [2.24, 2.45) is 0 Å². The predicted molar refractivity (Wildman–Crippen MR) is 55.8 cm³/mol. The van der Waals surface area contributed by atoms with Gasteiger partial charge in [-0.2, -0.15) is 0 Å². The maximum Gasteiger partial charge on any atom is 0.164 e. The topological polar surface area (TPSA) is 57.2 Å². The monoisotopic (exact) mass is 232 g/mol. The zero-order valence-electron chi connectivity index (χ0n) is 10.2. The smallest absolute Gasteiger partial charge is 0.164 e. The van der Waals surface area contributed by atoms with Gasteiger partial charge in [0.1, 0.15) is 18.3 Å². The van der Waals surface area contributed by atoms with E-state index in [0.29, 0.717) is 6.61 Å². The molecule has 16 heavy (non-hydrogen) atoms. The Morgan fingerprint density at radius 3 is 2.25 bits per heavy atom. The second-order valence-corrected chi connectivity index (χ2v) is 5.19. The predicted octanol–water partition coefficient (Wildman–Crippen LogP) is 0.650. The van der Waals surface area contributed by atoms with Crippen molar-refractivity contribution in [3.05, 3.63) is 0 Å². The first kappa shape index (κ1) is 12.3. The molecule has 3 atom stereocenters. The molecule has 2 heterocycles. The van der Waals surface area contributed by atoms with Gasteiger partial charge in [0.25, 0.3) is 0 Å². The standard InChI is InChI=1S/C11H20O5/c1-10(2)13-6-8(15-10)9-7(5-12)14-11(3,4)16-9/h7-9,12H,5-6H2,1-4H3/t7-,8-,9+/m1/s1. The molecule has 0 bridgehead atoms. The Kier molecular flexibility index (Phi) is 3.01. The van der Waals surface area contributed by atoms with Gasteiger partial charge in [0, 0.05) is 0 Å². The molecule has 0 amide bonds. The highest BCUT2D eigenvalue weighted by Gasteiger charge is 2.49. The summed E-state index contributed by atoms with van der Waals surface area (Å²) >= 11 is 0. The van der Waals surface area contributed by atoms with Crippen LogP contribution in [0, 0.1) is 0 Å². The Balaban J connectivity index is 2.04. The summed E-state index contributed by atoms with van der Waals surface area (Å²) in [6.07, 6.45) is -0.812. The van der Waals surface area contributed by atoms with Crippen LogP contribution < -0.4 is 0 Å². The average molecular weight is 232 g/mol. The summed E-state index contributed by atoms with van der Waals surface area (Å²) in [6.45, 7) is 7.78. The summed E-state index contributed by atoms with van der Waals surface area (Å²) in [5, 5.41) is 9.26. The fourth-order valence-corrected chi connectivity index (χ4v) is 2.20. The minimum Gasteiger partial charge on any atom is -0.394 e. The summed E-state index contributed by atoms with van der Waals surface area (Å²) < 4.78 is 22.5. The number of ether oxygens (including phenoxy) is 4. The third-order valence-electron chi connectivity index (χ3n) is 2.80. The van der Waals surface area contributed by atoms with Crippen LogP contribution >= 0.6 is 0 Å². The molecule has 0 aromatic heterocycles. The van der Waals surface area contributed by atoms with Gasteiger partial charge in [-0.25, -0.2) is 0 Å². The highest BCUT2D eigenvalue weighted by molar-refractivity contribution is 4.90. The molecule has 2 aliphatic heterocycles. The lowest BCUT2D eigenvalue weighted by molar-refractivity contribution is -0.175. The van der Waals surface area contributed by atoms with E-state index in [0.717, 1.165) is 0 Å². The van der Waals surface area contributed by atoms with E-state index in [9.17, 15) is 5.11 Å². The highest BCUT2D eigenvalue weighted by Crippen LogP contribution is 2.35. The molecule has 2 aliphatic rings. The van der Waals surface area contributed by atoms with Crippen molar-refractivity contribution < 1.29 is 24.1 Å². The maximum atomic E-state index is 9.26. The molecular weight excluding hydrogens is 212 g/mol. The van der Waals surface area contributed by atoms with Gasteiger partial charge >= 0.3 is 0 Å². The Bertz CT molecular complexity index is 263. The van der Waals surface area contributed by atoms with E-state index in [2.05, 4.69) is 0 Å². The van der Waals surface area contributed by atoms with Gasteiger partial charge < -0.3 is 24.1 Å². The third-order valence-corrected chi connectivity index (χ3v) is 2.80. The van der Waals surface area contributed by atoms with Crippen molar-refractivity contribution in [3.8, 4) is 0 Å². The van der Waals surface area contributed by atoms with Gasteiger partial charge in [-0.05, 0) is 27.7 Å². The zero-order valence-corrected chi connectivity index (χ0v) is 10.2. The number of aliphatic hydroxyl groups excluding tert-OH is 1. The lowest BCUT2D eigenvalue weighted by Gasteiger charge is -2.23. The maximum absolute atomic E-state index is 9.26. The third kappa shape index (κ3) is 2.38. The van der Waals surface area contributed by atoms with Gasteiger partial charge in [0.2, 0.25) is 0 Å². The molecule has 2 saturated heterocycles. The second kappa shape index (κ2) is 3.92. The van der Waals surface area contributed by atoms with E-state index in [-0.39, 0.29) is 24.9 Å². The van der Waals surface area contributed by atoms with Crippen molar-refractivity contribution in [2.45, 2.75) is 57.6 Å². The fraction of sp³-hybridized carbons (Fsp3) is 1.00. The molecule has 1 N–H and O–H groups in total.